The van der Waals surface area contributed by atoms with Crippen molar-refractivity contribution < 1.29 is 37.8 Å². The number of carbonyl (C=O) groups excluding carboxylic acids is 3. The van der Waals surface area contributed by atoms with Gasteiger partial charge in [-0.1, -0.05) is 44.2 Å². The first-order valence-electron chi connectivity index (χ1n) is 14.1. The molecule has 1 fully saturated rings. The second-order valence-electron chi connectivity index (χ2n) is 11.2. The molecule has 5 N–H and O–H groups in total. The maximum Gasteiger partial charge on any atom is 0.322 e. The van der Waals surface area contributed by atoms with Gasteiger partial charge in [0.05, 0.1) is 11.2 Å². The van der Waals surface area contributed by atoms with Crippen molar-refractivity contribution in [3.05, 3.63) is 47.7 Å². The molecule has 0 saturated carbocycles. The van der Waals surface area contributed by atoms with E-state index in [0.29, 0.717) is 29.6 Å². The molecule has 0 spiro atoms. The fourth-order valence-corrected chi connectivity index (χ4v) is 4.50. The van der Waals surface area contributed by atoms with Gasteiger partial charge in [0.1, 0.15) is 30.8 Å². The fourth-order valence-electron chi connectivity index (χ4n) is 4.50. The van der Waals surface area contributed by atoms with Gasteiger partial charge in [0.15, 0.2) is 6.10 Å². The topological polar surface area (TPSA) is 164 Å². The molecule has 2 aromatic rings. The summed E-state index contributed by atoms with van der Waals surface area (Å²) >= 11 is 0. The minimum absolute atomic E-state index is 0. The molecule has 0 bridgehead atoms. The highest BCUT2D eigenvalue weighted by Gasteiger charge is 2.42. The van der Waals surface area contributed by atoms with E-state index in [1.165, 1.54) is 13.0 Å². The van der Waals surface area contributed by atoms with Gasteiger partial charge in [0.2, 0.25) is 0 Å². The minimum Gasteiger partial charge on any atom is -0.480 e. The van der Waals surface area contributed by atoms with E-state index in [0.717, 1.165) is 16.5 Å². The van der Waals surface area contributed by atoms with E-state index in [4.69, 9.17) is 10.5 Å². The number of ether oxygens (including phenoxy) is 1. The van der Waals surface area contributed by atoms with Crippen LogP contribution in [0.4, 0.5) is 8.78 Å². The molecule has 2 heterocycles. The molecule has 1 saturated heterocycles. The molecule has 2 amide bonds. The van der Waals surface area contributed by atoms with Crippen LogP contribution in [-0.4, -0.2) is 76.9 Å². The summed E-state index contributed by atoms with van der Waals surface area (Å²) in [6.07, 6.45) is 1.80. The van der Waals surface area contributed by atoms with E-state index < -0.39 is 66.6 Å². The molecule has 242 valence electrons. The Hall–Kier alpha value is -3.68. The van der Waals surface area contributed by atoms with Gasteiger partial charge in [-0.2, -0.15) is 0 Å². The van der Waals surface area contributed by atoms with Crippen molar-refractivity contribution in [1.29, 1.82) is 0 Å². The van der Waals surface area contributed by atoms with E-state index >= 15 is 0 Å². The summed E-state index contributed by atoms with van der Waals surface area (Å²) in [5.74, 6) is -4.41. The molecule has 1 aliphatic heterocycles. The summed E-state index contributed by atoms with van der Waals surface area (Å²) < 4.78 is 34.0. The molecule has 4 atom stereocenters. The van der Waals surface area contributed by atoms with Crippen LogP contribution in [0.15, 0.2) is 36.4 Å². The monoisotopic (exact) mass is 639 g/mol. The highest BCUT2D eigenvalue weighted by molar-refractivity contribution is 5.91. The number of carboxylic acids is 1. The van der Waals surface area contributed by atoms with Crippen LogP contribution in [0.1, 0.15) is 57.8 Å². The van der Waals surface area contributed by atoms with Crippen molar-refractivity contribution in [3.63, 3.8) is 0 Å². The number of benzene rings is 1. The number of nitrogens with two attached hydrogens (primary N) is 1. The minimum atomic E-state index is -2.31. The molecule has 11 nitrogen and oxygen atoms in total. The van der Waals surface area contributed by atoms with Crippen LogP contribution in [0.5, 0.6) is 0 Å². The quantitative estimate of drug-likeness (QED) is 0.255. The lowest BCUT2D eigenvalue weighted by Gasteiger charge is -2.34. The van der Waals surface area contributed by atoms with Crippen molar-refractivity contribution in [3.8, 4) is 0 Å². The van der Waals surface area contributed by atoms with Crippen LogP contribution < -0.4 is 16.5 Å². The fraction of sp³-hybridized carbons (Fsp3) is 0.500. The zero-order chi connectivity index (χ0) is 31.9. The summed E-state index contributed by atoms with van der Waals surface area (Å²) in [4.78, 5) is 54.9. The number of esters is 1. The van der Waals surface area contributed by atoms with Crippen LogP contribution >= 0.6 is 12.4 Å². The number of aromatic nitrogens is 1. The standard InChI is InChI=1S/C30H39F2N5O6.ClH/c1-17(2)25(26(38)34-19(4)27(39)37-13-5-6-23(36-37)28(40)41)43-29(42)30(15-31,16-32)12-11-20-7-8-21-9-10-22(18(3)33)35-24(21)14-20;/h7-12,14,17-19,23,25,36H,5-6,13,15-16,33H2,1-4H3,(H,34,38)(H,40,41);1H/b12-11+;/t18-,19+,23+,25+;/m1./s1. The molecule has 0 aliphatic carbocycles. The number of hydrogen-bond donors (Lipinski definition) is 4. The number of rotatable bonds is 12. The predicted molar refractivity (Wildman–Crippen MR) is 163 cm³/mol. The highest BCUT2D eigenvalue weighted by atomic mass is 35.5. The van der Waals surface area contributed by atoms with Crippen LogP contribution in [0.2, 0.25) is 0 Å². The Morgan fingerprint density at radius 3 is 2.43 bits per heavy atom. The van der Waals surface area contributed by atoms with E-state index in [9.17, 15) is 33.1 Å². The number of nitrogens with zero attached hydrogens (tertiary/aromatic N) is 2. The lowest BCUT2D eigenvalue weighted by molar-refractivity contribution is -0.168. The van der Waals surface area contributed by atoms with Crippen molar-refractivity contribution in [2.24, 2.45) is 17.1 Å². The molecule has 1 aliphatic rings. The largest absolute Gasteiger partial charge is 0.480 e. The number of hydrazine groups is 1. The van der Waals surface area contributed by atoms with Crippen LogP contribution in [0.25, 0.3) is 17.0 Å². The summed E-state index contributed by atoms with van der Waals surface area (Å²) in [7, 11) is 0. The number of amides is 2. The Morgan fingerprint density at radius 1 is 1.18 bits per heavy atom. The number of pyridine rings is 1. The van der Waals surface area contributed by atoms with Crippen LogP contribution in [0, 0.1) is 11.3 Å². The molecule has 1 aromatic carbocycles. The van der Waals surface area contributed by atoms with Crippen LogP contribution in [-0.2, 0) is 23.9 Å². The SMILES string of the molecule is CC(C)[C@H](OC(=O)C(/C=C/c1ccc2ccc([C@@H](C)N)nc2c1)(CF)CF)C(=O)N[C@@H](C)C(=O)N1CCC[C@@H](C(=O)O)N1.Cl. The number of fused-ring (bicyclic) bond motifs is 1. The van der Waals surface area contributed by atoms with E-state index in [1.54, 1.807) is 39.0 Å². The van der Waals surface area contributed by atoms with Crippen molar-refractivity contribution in [1.82, 2.24) is 20.7 Å². The molecule has 44 heavy (non-hydrogen) atoms. The van der Waals surface area contributed by atoms with Gasteiger partial charge < -0.3 is 20.9 Å². The third-order valence-corrected chi connectivity index (χ3v) is 7.26. The van der Waals surface area contributed by atoms with Gasteiger partial charge in [-0.15, -0.1) is 12.4 Å². The molecule has 0 unspecified atom stereocenters. The number of nitrogens with one attached hydrogen (secondary N) is 2. The van der Waals surface area contributed by atoms with Crippen LogP contribution in [0.3, 0.4) is 0 Å². The molecule has 3 rings (SSSR count). The Kier molecular flexibility index (Phi) is 13.2. The maximum absolute atomic E-state index is 14.3. The number of alkyl halides is 2. The van der Waals surface area contributed by atoms with E-state index in [1.807, 2.05) is 12.1 Å². The van der Waals surface area contributed by atoms with Gasteiger partial charge in [0, 0.05) is 18.0 Å². The maximum atomic E-state index is 14.3. The molecule has 0 radical (unpaired) electrons. The lowest BCUT2D eigenvalue weighted by atomic mass is 9.89. The zero-order valence-electron chi connectivity index (χ0n) is 25.1. The second kappa shape index (κ2) is 15.9. The molecule has 1 aromatic heterocycles. The first kappa shape index (κ1) is 36.5. The van der Waals surface area contributed by atoms with Gasteiger partial charge in [-0.3, -0.25) is 29.2 Å². The van der Waals surface area contributed by atoms with Gasteiger partial charge in [0.25, 0.3) is 11.8 Å². The third kappa shape index (κ3) is 8.70. The Morgan fingerprint density at radius 2 is 1.84 bits per heavy atom. The van der Waals surface area contributed by atoms with E-state index in [-0.39, 0.29) is 25.0 Å². The Labute approximate surface area is 261 Å². The smallest absolute Gasteiger partial charge is 0.322 e. The number of aliphatic carboxylic acids is 1. The summed E-state index contributed by atoms with van der Waals surface area (Å²) in [5.41, 5.74) is 8.04. The van der Waals surface area contributed by atoms with Gasteiger partial charge >= 0.3 is 11.9 Å². The average Bonchev–Trinajstić information content (AvgIpc) is 2.99. The Bertz CT molecular complexity index is 1370. The van der Waals surface area contributed by atoms with Gasteiger partial charge in [-0.05, 0) is 50.3 Å². The summed E-state index contributed by atoms with van der Waals surface area (Å²) in [6, 6.07) is 6.52. The first-order valence-corrected chi connectivity index (χ1v) is 14.1. The summed E-state index contributed by atoms with van der Waals surface area (Å²) in [5, 5.41) is 13.7. The lowest BCUT2D eigenvalue weighted by Crippen LogP contribution is -2.60. The molecular weight excluding hydrogens is 600 g/mol. The normalized spacial score (nSPS) is 17.5. The average molecular weight is 640 g/mol. The highest BCUT2D eigenvalue weighted by Crippen LogP contribution is 2.27. The molecule has 14 heteroatoms. The third-order valence-electron chi connectivity index (χ3n) is 7.26. The second-order valence-corrected chi connectivity index (χ2v) is 11.2. The number of hydrogen-bond acceptors (Lipinski definition) is 8. The first-order chi connectivity index (χ1) is 20.3. The van der Waals surface area contributed by atoms with Crippen molar-refractivity contribution in [2.45, 2.75) is 64.8 Å². The zero-order valence-corrected chi connectivity index (χ0v) is 25.9. The number of carboxylic acid groups (broad SMARTS) is 1. The summed E-state index contributed by atoms with van der Waals surface area (Å²) in [6.45, 7) is 3.75. The van der Waals surface area contributed by atoms with E-state index in [2.05, 4.69) is 15.7 Å². The number of carbonyl (C=O) groups is 4. The predicted octanol–water partition coefficient (Wildman–Crippen LogP) is 3.27. The van der Waals surface area contributed by atoms with Crippen molar-refractivity contribution in [2.75, 3.05) is 19.9 Å². The number of halogens is 3. The molecular formula is C30H40ClF2N5O6. The Balaban J connectivity index is 0.00000675. The van der Waals surface area contributed by atoms with Crippen molar-refractivity contribution >= 4 is 53.1 Å². The van der Waals surface area contributed by atoms with Gasteiger partial charge in [-0.25, -0.2) is 14.2 Å².